The lowest BCUT2D eigenvalue weighted by Crippen LogP contribution is -2.38. The molecule has 0 N–H and O–H groups in total. The highest BCUT2D eigenvalue weighted by Crippen LogP contribution is 2.40. The number of nitrogens with zero attached hydrogens (tertiary/aromatic N) is 2. The largest absolute Gasteiger partial charge is 0.365 e. The van der Waals surface area contributed by atoms with Crippen LogP contribution in [0.3, 0.4) is 0 Å². The van der Waals surface area contributed by atoms with Gasteiger partial charge in [0.1, 0.15) is 0 Å². The summed E-state index contributed by atoms with van der Waals surface area (Å²) in [5.74, 6) is -0.191. The van der Waals surface area contributed by atoms with Gasteiger partial charge in [0.05, 0.1) is 0 Å². The van der Waals surface area contributed by atoms with Gasteiger partial charge in [0.2, 0.25) is 6.10 Å². The van der Waals surface area contributed by atoms with E-state index in [-0.39, 0.29) is 11.3 Å². The van der Waals surface area contributed by atoms with Gasteiger partial charge < -0.3 is 4.84 Å². The molecule has 4 heteroatoms. The molecule has 0 aromatic rings. The summed E-state index contributed by atoms with van der Waals surface area (Å²) in [5, 5.41) is 7.05. The minimum Gasteiger partial charge on any atom is -0.365 e. The molecule has 4 nitrogen and oxygen atoms in total. The van der Waals surface area contributed by atoms with Crippen molar-refractivity contribution < 1.29 is 9.63 Å². The van der Waals surface area contributed by atoms with Crippen LogP contribution in [-0.2, 0) is 9.63 Å². The molecule has 0 bridgehead atoms. The highest BCUT2D eigenvalue weighted by molar-refractivity contribution is 5.82. The standard InChI is InChI=1S/C22H42N2O2/c1-4-7-8-9-10-11-12-13-14-15-16-17-18-19-22(5-2,6-3)20-21(25)23-24-26-20/h20H,4-19H2,1-3H3. The highest BCUT2D eigenvalue weighted by Gasteiger charge is 2.44. The summed E-state index contributed by atoms with van der Waals surface area (Å²) in [6.07, 6.45) is 20.2. The number of hydrogen-bond acceptors (Lipinski definition) is 3. The molecule has 1 aliphatic heterocycles. The van der Waals surface area contributed by atoms with Crippen LogP contribution in [0.2, 0.25) is 0 Å². The van der Waals surface area contributed by atoms with Crippen molar-refractivity contribution in [1.82, 2.24) is 0 Å². The first-order valence-electron chi connectivity index (χ1n) is 11.3. The quantitative estimate of drug-likeness (QED) is 0.249. The Labute approximate surface area is 161 Å². The lowest BCUT2D eigenvalue weighted by atomic mass is 9.73. The molecule has 1 amide bonds. The van der Waals surface area contributed by atoms with Gasteiger partial charge in [0.25, 0.3) is 0 Å². The smallest absolute Gasteiger partial charge is 0.311 e. The third kappa shape index (κ3) is 8.18. The van der Waals surface area contributed by atoms with Crippen molar-refractivity contribution in [2.45, 2.75) is 130 Å². The lowest BCUT2D eigenvalue weighted by molar-refractivity contribution is -0.132. The van der Waals surface area contributed by atoms with Crippen molar-refractivity contribution in [1.29, 1.82) is 0 Å². The van der Waals surface area contributed by atoms with E-state index in [1.54, 1.807) is 0 Å². The molecule has 0 aliphatic carbocycles. The summed E-state index contributed by atoms with van der Waals surface area (Å²) < 4.78 is 0. The van der Waals surface area contributed by atoms with Crippen LogP contribution < -0.4 is 0 Å². The molecule has 0 saturated heterocycles. The number of carbonyl (C=O) groups is 1. The normalized spacial score (nSPS) is 17.0. The molecule has 0 aromatic carbocycles. The van der Waals surface area contributed by atoms with Crippen LogP contribution in [0.15, 0.2) is 10.4 Å². The van der Waals surface area contributed by atoms with Crippen molar-refractivity contribution in [2.75, 3.05) is 0 Å². The van der Waals surface area contributed by atoms with E-state index in [9.17, 15) is 4.79 Å². The van der Waals surface area contributed by atoms with Crippen LogP contribution in [0, 0.1) is 5.41 Å². The van der Waals surface area contributed by atoms with E-state index in [0.717, 1.165) is 19.3 Å². The Kier molecular flexibility index (Phi) is 12.6. The Morgan fingerprint density at radius 2 is 1.23 bits per heavy atom. The third-order valence-electron chi connectivity index (χ3n) is 6.26. The van der Waals surface area contributed by atoms with E-state index < -0.39 is 6.10 Å². The molecule has 26 heavy (non-hydrogen) atoms. The molecule has 1 aliphatic rings. The molecule has 1 unspecified atom stereocenters. The van der Waals surface area contributed by atoms with E-state index in [1.165, 1.54) is 83.5 Å². The van der Waals surface area contributed by atoms with Gasteiger partial charge in [-0.15, -0.1) is 0 Å². The van der Waals surface area contributed by atoms with Gasteiger partial charge in [-0.05, 0) is 19.3 Å². The summed E-state index contributed by atoms with van der Waals surface area (Å²) in [6, 6.07) is 0. The first-order valence-corrected chi connectivity index (χ1v) is 11.3. The molecule has 1 rings (SSSR count). The van der Waals surface area contributed by atoms with E-state index >= 15 is 0 Å². The molecule has 1 atom stereocenters. The summed E-state index contributed by atoms with van der Waals surface area (Å²) in [6.45, 7) is 6.58. The molecule has 0 saturated carbocycles. The minimum absolute atomic E-state index is 0.0850. The monoisotopic (exact) mass is 366 g/mol. The van der Waals surface area contributed by atoms with E-state index in [4.69, 9.17) is 4.84 Å². The van der Waals surface area contributed by atoms with Gasteiger partial charge in [0.15, 0.2) is 0 Å². The summed E-state index contributed by atoms with van der Waals surface area (Å²) >= 11 is 0. The van der Waals surface area contributed by atoms with Crippen LogP contribution in [0.25, 0.3) is 0 Å². The predicted molar refractivity (Wildman–Crippen MR) is 108 cm³/mol. The van der Waals surface area contributed by atoms with Crippen molar-refractivity contribution in [3.05, 3.63) is 0 Å². The maximum absolute atomic E-state index is 11.9. The van der Waals surface area contributed by atoms with Crippen molar-refractivity contribution in [2.24, 2.45) is 15.8 Å². The summed E-state index contributed by atoms with van der Waals surface area (Å²) in [5.41, 5.74) is -0.0850. The zero-order valence-electron chi connectivity index (χ0n) is 17.6. The minimum atomic E-state index is -0.449. The van der Waals surface area contributed by atoms with Gasteiger partial charge in [-0.25, -0.2) is 0 Å². The highest BCUT2D eigenvalue weighted by atomic mass is 16.7. The Hall–Kier alpha value is -0.930. The Bertz CT molecular complexity index is 392. The molecule has 0 spiro atoms. The fourth-order valence-corrected chi connectivity index (χ4v) is 4.18. The SMILES string of the molecule is CCCCCCCCCCCCCCCC(CC)(CC)C1ON=NC1=O. The second-order valence-corrected chi connectivity index (χ2v) is 8.07. The van der Waals surface area contributed by atoms with Crippen molar-refractivity contribution >= 4 is 5.91 Å². The van der Waals surface area contributed by atoms with Gasteiger partial charge in [-0.3, -0.25) is 4.79 Å². The first kappa shape index (κ1) is 23.1. The number of amides is 1. The summed E-state index contributed by atoms with van der Waals surface area (Å²) in [4.78, 5) is 17.2. The van der Waals surface area contributed by atoms with Crippen molar-refractivity contribution in [3.8, 4) is 0 Å². The molecule has 0 radical (unpaired) electrons. The first-order chi connectivity index (χ1) is 12.7. The molecule has 0 aromatic heterocycles. The van der Waals surface area contributed by atoms with Gasteiger partial charge in [-0.1, -0.05) is 109 Å². The maximum atomic E-state index is 11.9. The van der Waals surface area contributed by atoms with Crippen LogP contribution in [-0.4, -0.2) is 12.0 Å². The van der Waals surface area contributed by atoms with E-state index in [0.29, 0.717) is 0 Å². The van der Waals surface area contributed by atoms with Crippen LogP contribution in [0.5, 0.6) is 0 Å². The second kappa shape index (κ2) is 14.2. The Balaban J connectivity index is 2.02. The van der Waals surface area contributed by atoms with E-state index in [2.05, 4.69) is 31.2 Å². The Morgan fingerprint density at radius 3 is 1.62 bits per heavy atom. The van der Waals surface area contributed by atoms with Gasteiger partial charge >= 0.3 is 5.91 Å². The third-order valence-corrected chi connectivity index (χ3v) is 6.26. The van der Waals surface area contributed by atoms with Crippen LogP contribution in [0.1, 0.15) is 124 Å². The van der Waals surface area contributed by atoms with Gasteiger partial charge in [0, 0.05) is 10.7 Å². The van der Waals surface area contributed by atoms with Crippen molar-refractivity contribution in [3.63, 3.8) is 0 Å². The Morgan fingerprint density at radius 1 is 0.769 bits per heavy atom. The topological polar surface area (TPSA) is 51.0 Å². The fraction of sp³-hybridized carbons (Fsp3) is 0.955. The van der Waals surface area contributed by atoms with Crippen LogP contribution in [0.4, 0.5) is 0 Å². The number of carbonyl (C=O) groups excluding carboxylic acids is 1. The molecular formula is C22H42N2O2. The second-order valence-electron chi connectivity index (χ2n) is 8.07. The average Bonchev–Trinajstić information content (AvgIpc) is 3.09. The lowest BCUT2D eigenvalue weighted by Gasteiger charge is -2.33. The van der Waals surface area contributed by atoms with Gasteiger partial charge in [-0.2, -0.15) is 0 Å². The molecule has 1 heterocycles. The number of hydrogen-bond donors (Lipinski definition) is 0. The van der Waals surface area contributed by atoms with Crippen LogP contribution >= 0.6 is 0 Å². The maximum Gasteiger partial charge on any atom is 0.311 e. The number of unbranched alkanes of at least 4 members (excludes halogenated alkanes) is 12. The predicted octanol–water partition coefficient (Wildman–Crippen LogP) is 7.57. The zero-order chi connectivity index (χ0) is 19.1. The fourth-order valence-electron chi connectivity index (χ4n) is 4.18. The number of rotatable bonds is 17. The zero-order valence-corrected chi connectivity index (χ0v) is 17.6. The molecule has 152 valence electrons. The molecular weight excluding hydrogens is 324 g/mol. The summed E-state index contributed by atoms with van der Waals surface area (Å²) in [7, 11) is 0. The van der Waals surface area contributed by atoms with E-state index in [1.807, 2.05) is 0 Å². The molecule has 0 fully saturated rings. The average molecular weight is 367 g/mol.